The van der Waals surface area contributed by atoms with Crippen LogP contribution in [0.15, 0.2) is 48.5 Å². The summed E-state index contributed by atoms with van der Waals surface area (Å²) in [5.74, 6) is 1.20. The number of hydrogen-bond acceptors (Lipinski definition) is 3. The van der Waals surface area contributed by atoms with Gasteiger partial charge in [0.2, 0.25) is 5.78 Å². The van der Waals surface area contributed by atoms with Crippen LogP contribution in [0.1, 0.15) is 17.3 Å². The second kappa shape index (κ2) is 7.28. The number of halogens is 1. The number of hydrogen-bond donors (Lipinski definition) is 0. The summed E-state index contributed by atoms with van der Waals surface area (Å²) < 4.78 is 12.1. The highest BCUT2D eigenvalue weighted by molar-refractivity contribution is 14.1. The lowest BCUT2D eigenvalue weighted by molar-refractivity contribution is 0.0917. The number of ketones is 1. The van der Waals surface area contributed by atoms with Crippen LogP contribution in [-0.4, -0.2) is 19.0 Å². The Hall–Kier alpha value is -1.56. The highest BCUT2D eigenvalue weighted by atomic mass is 127. The summed E-state index contributed by atoms with van der Waals surface area (Å²) >= 11 is 2.22. The van der Waals surface area contributed by atoms with E-state index in [1.165, 1.54) is 0 Å². The average Bonchev–Trinajstić information content (AvgIpc) is 2.47. The topological polar surface area (TPSA) is 35.5 Å². The molecule has 20 heavy (non-hydrogen) atoms. The molecule has 0 aliphatic rings. The highest BCUT2D eigenvalue weighted by Crippen LogP contribution is 2.19. The van der Waals surface area contributed by atoms with Crippen LogP contribution in [0.5, 0.6) is 11.5 Å². The van der Waals surface area contributed by atoms with Gasteiger partial charge in [-0.15, -0.1) is 0 Å². The molecule has 2 aromatic rings. The number of para-hydroxylation sites is 1. The minimum atomic E-state index is -0.0902. The van der Waals surface area contributed by atoms with Gasteiger partial charge in [-0.2, -0.15) is 0 Å². The minimum absolute atomic E-state index is 0.00464. The van der Waals surface area contributed by atoms with Crippen molar-refractivity contribution in [2.75, 3.05) is 13.2 Å². The summed E-state index contributed by atoms with van der Waals surface area (Å²) in [5.41, 5.74) is 0.555. The molecule has 0 aliphatic carbocycles. The molecule has 3 nitrogen and oxygen atoms in total. The van der Waals surface area contributed by atoms with E-state index in [-0.39, 0.29) is 12.4 Å². The second-order valence-electron chi connectivity index (χ2n) is 4.09. The Kier molecular flexibility index (Phi) is 5.40. The summed E-state index contributed by atoms with van der Waals surface area (Å²) in [7, 11) is 0. The van der Waals surface area contributed by atoms with E-state index in [1.807, 2.05) is 43.3 Å². The minimum Gasteiger partial charge on any atom is -0.493 e. The first-order chi connectivity index (χ1) is 9.70. The number of ether oxygens (including phenoxy) is 2. The van der Waals surface area contributed by atoms with Gasteiger partial charge in [-0.25, -0.2) is 0 Å². The zero-order valence-electron chi connectivity index (χ0n) is 11.1. The first kappa shape index (κ1) is 14.8. The lowest BCUT2D eigenvalue weighted by Gasteiger charge is -2.10. The van der Waals surface area contributed by atoms with E-state index in [9.17, 15) is 4.79 Å². The molecule has 0 aromatic heterocycles. The van der Waals surface area contributed by atoms with Crippen molar-refractivity contribution in [3.63, 3.8) is 0 Å². The van der Waals surface area contributed by atoms with Gasteiger partial charge in [0.25, 0.3) is 0 Å². The molecule has 0 atom stereocenters. The Balaban J connectivity index is 2.03. The number of carbonyl (C=O) groups is 1. The molecule has 0 amide bonds. The van der Waals surface area contributed by atoms with Crippen molar-refractivity contribution in [3.05, 3.63) is 57.7 Å². The number of Topliss-reactive ketones (excluding diaryl/α,β-unsaturated/α-hetero) is 1. The van der Waals surface area contributed by atoms with Crippen LogP contribution in [0.25, 0.3) is 0 Å². The first-order valence-electron chi connectivity index (χ1n) is 6.34. The van der Waals surface area contributed by atoms with Gasteiger partial charge in [0, 0.05) is 3.57 Å². The third-order valence-electron chi connectivity index (χ3n) is 2.67. The zero-order valence-corrected chi connectivity index (χ0v) is 13.3. The summed E-state index contributed by atoms with van der Waals surface area (Å²) in [6.45, 7) is 2.43. The Morgan fingerprint density at radius 2 is 1.75 bits per heavy atom. The SMILES string of the molecule is CCOc1ccccc1C(=O)COc1ccc(I)cc1. The molecule has 4 heteroatoms. The van der Waals surface area contributed by atoms with Gasteiger partial charge < -0.3 is 9.47 Å². The van der Waals surface area contributed by atoms with Crippen LogP contribution in [0.4, 0.5) is 0 Å². The van der Waals surface area contributed by atoms with Gasteiger partial charge >= 0.3 is 0 Å². The van der Waals surface area contributed by atoms with Gasteiger partial charge in [0.05, 0.1) is 12.2 Å². The fraction of sp³-hybridized carbons (Fsp3) is 0.188. The van der Waals surface area contributed by atoms with Gasteiger partial charge in [-0.1, -0.05) is 12.1 Å². The van der Waals surface area contributed by atoms with Crippen LogP contribution >= 0.6 is 22.6 Å². The summed E-state index contributed by atoms with van der Waals surface area (Å²) in [4.78, 5) is 12.2. The third-order valence-corrected chi connectivity index (χ3v) is 3.39. The number of rotatable bonds is 6. The monoisotopic (exact) mass is 382 g/mol. The first-order valence-corrected chi connectivity index (χ1v) is 7.42. The standard InChI is InChI=1S/C16H15IO3/c1-2-19-16-6-4-3-5-14(16)15(18)11-20-13-9-7-12(17)8-10-13/h3-10H,2,11H2,1H3. The highest BCUT2D eigenvalue weighted by Gasteiger charge is 2.12. The van der Waals surface area contributed by atoms with Crippen molar-refractivity contribution in [2.45, 2.75) is 6.92 Å². The number of benzene rings is 2. The zero-order chi connectivity index (χ0) is 14.4. The molecule has 0 fully saturated rings. The van der Waals surface area contributed by atoms with Crippen LogP contribution in [0.3, 0.4) is 0 Å². The predicted molar refractivity (Wildman–Crippen MR) is 86.6 cm³/mol. The molecular formula is C16H15IO3. The molecule has 0 unspecified atom stereocenters. The van der Waals surface area contributed by atoms with E-state index in [1.54, 1.807) is 12.1 Å². The second-order valence-corrected chi connectivity index (χ2v) is 5.34. The Morgan fingerprint density at radius 1 is 1.05 bits per heavy atom. The van der Waals surface area contributed by atoms with E-state index in [0.29, 0.717) is 23.7 Å². The van der Waals surface area contributed by atoms with Gasteiger partial charge in [0.1, 0.15) is 11.5 Å². The van der Waals surface area contributed by atoms with Crippen LogP contribution in [0.2, 0.25) is 0 Å². The van der Waals surface area contributed by atoms with Gasteiger partial charge in [-0.3, -0.25) is 4.79 Å². The van der Waals surface area contributed by atoms with E-state index in [0.717, 1.165) is 3.57 Å². The Labute approximate surface area is 132 Å². The smallest absolute Gasteiger partial charge is 0.203 e. The van der Waals surface area contributed by atoms with Crippen molar-refractivity contribution < 1.29 is 14.3 Å². The maximum Gasteiger partial charge on any atom is 0.203 e. The fourth-order valence-corrected chi connectivity index (χ4v) is 2.10. The normalized spacial score (nSPS) is 10.1. The lowest BCUT2D eigenvalue weighted by atomic mass is 10.1. The molecule has 104 valence electrons. The van der Waals surface area contributed by atoms with Crippen molar-refractivity contribution >= 4 is 28.4 Å². The van der Waals surface area contributed by atoms with Crippen molar-refractivity contribution in [1.82, 2.24) is 0 Å². The van der Waals surface area contributed by atoms with Crippen LogP contribution in [0, 0.1) is 3.57 Å². The molecular weight excluding hydrogens is 367 g/mol. The molecule has 0 saturated carbocycles. The molecule has 0 aliphatic heterocycles. The maximum atomic E-state index is 12.2. The third kappa shape index (κ3) is 3.96. The predicted octanol–water partition coefficient (Wildman–Crippen LogP) is 3.95. The molecule has 0 saturated heterocycles. The maximum absolute atomic E-state index is 12.2. The molecule has 0 N–H and O–H groups in total. The fourth-order valence-electron chi connectivity index (χ4n) is 1.74. The molecule has 2 aromatic carbocycles. The van der Waals surface area contributed by atoms with Crippen LogP contribution < -0.4 is 9.47 Å². The Bertz CT molecular complexity index is 579. The van der Waals surface area contributed by atoms with E-state index < -0.39 is 0 Å². The summed E-state index contributed by atoms with van der Waals surface area (Å²) in [6.07, 6.45) is 0. The van der Waals surface area contributed by atoms with Crippen molar-refractivity contribution in [2.24, 2.45) is 0 Å². The average molecular weight is 382 g/mol. The molecule has 0 bridgehead atoms. The summed E-state index contributed by atoms with van der Waals surface area (Å²) in [5, 5.41) is 0. The summed E-state index contributed by atoms with van der Waals surface area (Å²) in [6, 6.07) is 14.8. The number of carbonyl (C=O) groups excluding carboxylic acids is 1. The van der Waals surface area contributed by atoms with Crippen molar-refractivity contribution in [3.8, 4) is 11.5 Å². The van der Waals surface area contributed by atoms with Crippen LogP contribution in [-0.2, 0) is 0 Å². The lowest BCUT2D eigenvalue weighted by Crippen LogP contribution is -2.13. The van der Waals surface area contributed by atoms with E-state index in [4.69, 9.17) is 9.47 Å². The molecule has 0 heterocycles. The largest absolute Gasteiger partial charge is 0.493 e. The quantitative estimate of drug-likeness (QED) is 0.561. The molecule has 0 spiro atoms. The molecule has 0 radical (unpaired) electrons. The van der Waals surface area contributed by atoms with Gasteiger partial charge in [-0.05, 0) is 65.9 Å². The van der Waals surface area contributed by atoms with E-state index >= 15 is 0 Å². The van der Waals surface area contributed by atoms with E-state index in [2.05, 4.69) is 22.6 Å². The van der Waals surface area contributed by atoms with Crippen molar-refractivity contribution in [1.29, 1.82) is 0 Å². The molecule has 2 rings (SSSR count). The van der Waals surface area contributed by atoms with Gasteiger partial charge in [0.15, 0.2) is 6.61 Å². The Morgan fingerprint density at radius 3 is 2.45 bits per heavy atom.